The van der Waals surface area contributed by atoms with Crippen LogP contribution >= 0.6 is 9.24 Å². The van der Waals surface area contributed by atoms with Gasteiger partial charge in [-0.3, -0.25) is 0 Å². The van der Waals surface area contributed by atoms with Crippen molar-refractivity contribution >= 4 is 17.1 Å². The Labute approximate surface area is 77.0 Å². The Morgan fingerprint density at radius 1 is 1.75 bits per heavy atom. The summed E-state index contributed by atoms with van der Waals surface area (Å²) < 4.78 is 11.0. The lowest BCUT2D eigenvalue weighted by atomic mass is 9.83. The molecule has 4 atom stereocenters. The highest BCUT2D eigenvalue weighted by molar-refractivity contribution is 7.16. The van der Waals surface area contributed by atoms with Crippen molar-refractivity contribution < 1.29 is 9.47 Å². The first-order valence-electron chi connectivity index (χ1n) is 4.16. The van der Waals surface area contributed by atoms with Crippen LogP contribution in [0.5, 0.6) is 0 Å². The fourth-order valence-electron chi connectivity index (χ4n) is 1.45. The minimum Gasteiger partial charge on any atom is -0.376 e. The van der Waals surface area contributed by atoms with E-state index in [1.807, 2.05) is 0 Å². The summed E-state index contributed by atoms with van der Waals surface area (Å²) in [4.78, 5) is 0. The molecule has 1 fully saturated rings. The first-order valence-corrected chi connectivity index (χ1v) is 4.98. The summed E-state index contributed by atoms with van der Waals surface area (Å²) in [7, 11) is 4.80. The molecule has 0 aromatic rings. The van der Waals surface area contributed by atoms with Crippen LogP contribution in [0.2, 0.25) is 5.82 Å². The predicted molar refractivity (Wildman–Crippen MR) is 55.2 cm³/mol. The van der Waals surface area contributed by atoms with Gasteiger partial charge in [0.1, 0.15) is 14.5 Å². The Kier molecular flexibility index (Phi) is 4.08. The van der Waals surface area contributed by atoms with Crippen molar-refractivity contribution in [3.8, 4) is 12.3 Å². The minimum absolute atomic E-state index is 0.179. The molecular weight excluding hydrogens is 170 g/mol. The number of hydrogen-bond acceptors (Lipinski definition) is 2. The lowest BCUT2D eigenvalue weighted by molar-refractivity contribution is 0.0164. The molecule has 4 heteroatoms. The van der Waals surface area contributed by atoms with Crippen molar-refractivity contribution in [2.24, 2.45) is 0 Å². The molecule has 1 aliphatic heterocycles. The van der Waals surface area contributed by atoms with E-state index in [0.717, 1.165) is 12.8 Å². The molecule has 4 unspecified atom stereocenters. The van der Waals surface area contributed by atoms with Gasteiger partial charge in [-0.2, -0.15) is 0 Å². The highest BCUT2D eigenvalue weighted by Crippen LogP contribution is 2.26. The molecule has 1 aliphatic rings. The molecule has 0 spiro atoms. The Hall–Kier alpha value is -0.0251. The second-order valence-electron chi connectivity index (χ2n) is 3.06. The SMILES string of the molecule is BC1COC(CP)C1OCC#C. The lowest BCUT2D eigenvalue weighted by Gasteiger charge is -2.18. The lowest BCUT2D eigenvalue weighted by Crippen LogP contribution is -2.28. The molecule has 66 valence electrons. The third kappa shape index (κ3) is 2.23. The maximum Gasteiger partial charge on any atom is 0.111 e. The first-order chi connectivity index (χ1) is 5.79. The van der Waals surface area contributed by atoms with Gasteiger partial charge in [-0.15, -0.1) is 15.7 Å². The zero-order chi connectivity index (χ0) is 8.97. The molecule has 0 saturated carbocycles. The second-order valence-corrected chi connectivity index (χ2v) is 3.54. The van der Waals surface area contributed by atoms with Gasteiger partial charge in [0.15, 0.2) is 0 Å². The van der Waals surface area contributed by atoms with Gasteiger partial charge in [0, 0.05) is 6.61 Å². The van der Waals surface area contributed by atoms with E-state index < -0.39 is 0 Å². The molecule has 0 aromatic carbocycles. The van der Waals surface area contributed by atoms with E-state index in [4.69, 9.17) is 15.9 Å². The zero-order valence-electron chi connectivity index (χ0n) is 7.32. The third-order valence-corrected chi connectivity index (χ3v) is 2.56. The highest BCUT2D eigenvalue weighted by atomic mass is 31.0. The topological polar surface area (TPSA) is 18.5 Å². The molecule has 1 heterocycles. The number of ether oxygens (including phenoxy) is 2. The van der Waals surface area contributed by atoms with Gasteiger partial charge in [-0.25, -0.2) is 0 Å². The monoisotopic (exact) mass is 184 g/mol. The van der Waals surface area contributed by atoms with Crippen LogP contribution in [0, 0.1) is 12.3 Å². The Bertz CT molecular complexity index is 180. The van der Waals surface area contributed by atoms with Crippen molar-refractivity contribution in [3.05, 3.63) is 0 Å². The standard InChI is InChI=1S/C8H14BO2P/c1-2-3-10-8-6(9)4-11-7(8)5-12/h1,6-8H,3-5,9,12H2. The molecule has 0 N–H and O–H groups in total. The molecule has 0 radical (unpaired) electrons. The molecule has 0 bridgehead atoms. The molecule has 0 amide bonds. The molecule has 1 saturated heterocycles. The van der Waals surface area contributed by atoms with Crippen molar-refractivity contribution in [3.63, 3.8) is 0 Å². The average molecular weight is 184 g/mol. The molecule has 0 aromatic heterocycles. The normalized spacial score (nSPS) is 34.8. The predicted octanol–water partition coefficient (Wildman–Crippen LogP) is -0.300. The van der Waals surface area contributed by atoms with Gasteiger partial charge in [0.2, 0.25) is 0 Å². The smallest absolute Gasteiger partial charge is 0.111 e. The number of terminal acetylenes is 1. The van der Waals surface area contributed by atoms with Crippen molar-refractivity contribution in [1.29, 1.82) is 0 Å². The van der Waals surface area contributed by atoms with Crippen molar-refractivity contribution in [2.75, 3.05) is 19.4 Å². The van der Waals surface area contributed by atoms with E-state index in [0.29, 0.717) is 12.4 Å². The van der Waals surface area contributed by atoms with Gasteiger partial charge < -0.3 is 9.47 Å². The quantitative estimate of drug-likeness (QED) is 0.340. The molecule has 2 nitrogen and oxygen atoms in total. The summed E-state index contributed by atoms with van der Waals surface area (Å²) in [6.45, 7) is 1.17. The van der Waals surface area contributed by atoms with Gasteiger partial charge in [-0.1, -0.05) is 5.92 Å². The zero-order valence-corrected chi connectivity index (χ0v) is 8.48. The molecule has 0 aliphatic carbocycles. The van der Waals surface area contributed by atoms with Crippen LogP contribution in [0.25, 0.3) is 0 Å². The average Bonchev–Trinajstić information content (AvgIpc) is 2.43. The Balaban J connectivity index is 2.41. The van der Waals surface area contributed by atoms with Crippen LogP contribution in [0.3, 0.4) is 0 Å². The van der Waals surface area contributed by atoms with Crippen LogP contribution in [-0.4, -0.2) is 39.4 Å². The van der Waals surface area contributed by atoms with E-state index in [1.165, 1.54) is 0 Å². The van der Waals surface area contributed by atoms with Crippen molar-refractivity contribution in [1.82, 2.24) is 0 Å². The van der Waals surface area contributed by atoms with Gasteiger partial charge in [0.05, 0.1) is 12.2 Å². The summed E-state index contributed by atoms with van der Waals surface area (Å²) in [5.41, 5.74) is 0. The summed E-state index contributed by atoms with van der Waals surface area (Å²) in [6.07, 6.45) is 6.42. The first kappa shape index (κ1) is 10.1. The molecular formula is C8H14BO2P. The maximum atomic E-state index is 5.51. The largest absolute Gasteiger partial charge is 0.376 e. The van der Waals surface area contributed by atoms with Gasteiger partial charge in [0.25, 0.3) is 0 Å². The fourth-order valence-corrected chi connectivity index (χ4v) is 1.85. The summed E-state index contributed by atoms with van der Waals surface area (Å²) in [5.74, 6) is 2.94. The van der Waals surface area contributed by atoms with Crippen LogP contribution in [0.15, 0.2) is 0 Å². The Morgan fingerprint density at radius 3 is 3.08 bits per heavy atom. The van der Waals surface area contributed by atoms with Gasteiger partial charge in [-0.05, 0) is 12.0 Å². The van der Waals surface area contributed by atoms with Crippen LogP contribution in [-0.2, 0) is 9.47 Å². The third-order valence-electron chi connectivity index (χ3n) is 2.09. The second kappa shape index (κ2) is 4.87. The molecule has 1 rings (SSSR count). The summed E-state index contributed by atoms with van der Waals surface area (Å²) >= 11 is 0. The van der Waals surface area contributed by atoms with E-state index >= 15 is 0 Å². The van der Waals surface area contributed by atoms with E-state index in [9.17, 15) is 0 Å². The Morgan fingerprint density at radius 2 is 2.50 bits per heavy atom. The van der Waals surface area contributed by atoms with E-state index in [2.05, 4.69) is 23.0 Å². The summed E-state index contributed by atoms with van der Waals surface area (Å²) in [6, 6.07) is 0. The fraction of sp³-hybridized carbons (Fsp3) is 0.750. The van der Waals surface area contributed by atoms with Crippen molar-refractivity contribution in [2.45, 2.75) is 18.0 Å². The minimum atomic E-state index is 0.179. The van der Waals surface area contributed by atoms with E-state index in [-0.39, 0.29) is 12.2 Å². The van der Waals surface area contributed by atoms with Gasteiger partial charge >= 0.3 is 0 Å². The maximum absolute atomic E-state index is 5.51. The summed E-state index contributed by atoms with van der Waals surface area (Å²) in [5, 5.41) is 0. The number of rotatable bonds is 3. The van der Waals surface area contributed by atoms with Crippen LogP contribution in [0.4, 0.5) is 0 Å². The van der Waals surface area contributed by atoms with E-state index in [1.54, 1.807) is 0 Å². The van der Waals surface area contributed by atoms with Crippen LogP contribution in [0.1, 0.15) is 0 Å². The molecule has 12 heavy (non-hydrogen) atoms. The van der Waals surface area contributed by atoms with Crippen LogP contribution < -0.4 is 0 Å². The highest BCUT2D eigenvalue weighted by Gasteiger charge is 2.33. The number of hydrogen-bond donors (Lipinski definition) is 0.